The van der Waals surface area contributed by atoms with Crippen LogP contribution in [0.4, 0.5) is 0 Å². The molecule has 0 fully saturated rings. The predicted molar refractivity (Wildman–Crippen MR) is 102 cm³/mol. The summed E-state index contributed by atoms with van der Waals surface area (Å²) in [5.74, 6) is 1.27. The predicted octanol–water partition coefficient (Wildman–Crippen LogP) is 3.78. The second kappa shape index (κ2) is 7.03. The van der Waals surface area contributed by atoms with Crippen molar-refractivity contribution in [2.45, 2.75) is 18.2 Å². The lowest BCUT2D eigenvalue weighted by Crippen LogP contribution is -2.20. The van der Waals surface area contributed by atoms with Crippen LogP contribution in [-0.2, 0) is 0 Å². The van der Waals surface area contributed by atoms with Gasteiger partial charge in [-0.05, 0) is 36.8 Å². The van der Waals surface area contributed by atoms with Gasteiger partial charge in [0.1, 0.15) is 12.4 Å². The van der Waals surface area contributed by atoms with Crippen molar-refractivity contribution in [1.29, 1.82) is 0 Å². The van der Waals surface area contributed by atoms with E-state index >= 15 is 0 Å². The van der Waals surface area contributed by atoms with Crippen LogP contribution in [0.1, 0.15) is 5.56 Å². The number of hydrogen-bond donors (Lipinski definition) is 1. The van der Waals surface area contributed by atoms with Gasteiger partial charge in [-0.3, -0.25) is 4.40 Å². The summed E-state index contributed by atoms with van der Waals surface area (Å²) in [6, 6.07) is 16.0. The Morgan fingerprint density at radius 1 is 1.20 bits per heavy atom. The molecule has 0 radical (unpaired) electrons. The third kappa shape index (κ3) is 3.49. The second-order valence-corrected chi connectivity index (χ2v) is 7.76. The lowest BCUT2D eigenvalue weighted by Gasteiger charge is -2.11. The van der Waals surface area contributed by atoms with Gasteiger partial charge in [0.2, 0.25) is 4.96 Å². The first kappa shape index (κ1) is 16.4. The third-order valence-electron chi connectivity index (χ3n) is 3.75. The first-order chi connectivity index (χ1) is 12.2. The van der Waals surface area contributed by atoms with E-state index in [9.17, 15) is 5.11 Å². The van der Waals surface area contributed by atoms with Crippen molar-refractivity contribution in [2.75, 3.05) is 12.4 Å². The maximum absolute atomic E-state index is 10.2. The average molecular weight is 371 g/mol. The minimum atomic E-state index is -0.581. The van der Waals surface area contributed by atoms with E-state index in [1.807, 2.05) is 47.7 Å². The van der Waals surface area contributed by atoms with Crippen LogP contribution in [-0.4, -0.2) is 38.2 Å². The lowest BCUT2D eigenvalue weighted by molar-refractivity contribution is 0.126. The van der Waals surface area contributed by atoms with Gasteiger partial charge in [-0.25, -0.2) is 0 Å². The van der Waals surface area contributed by atoms with E-state index in [0.29, 0.717) is 5.75 Å². The summed E-state index contributed by atoms with van der Waals surface area (Å²) in [6.07, 6.45) is -0.581. The molecule has 4 aromatic rings. The molecule has 0 bridgehead atoms. The average Bonchev–Trinajstić information content (AvgIpc) is 3.17. The Balaban J connectivity index is 1.41. The Bertz CT molecular complexity index is 1010. The number of aliphatic hydroxyl groups excluding tert-OH is 1. The number of ether oxygens (including phenoxy) is 1. The molecule has 0 saturated heterocycles. The normalized spacial score (nSPS) is 12.7. The summed E-state index contributed by atoms with van der Waals surface area (Å²) >= 11 is 3.10. The maximum Gasteiger partial charge on any atom is 0.217 e. The highest BCUT2D eigenvalue weighted by Crippen LogP contribution is 2.29. The van der Waals surface area contributed by atoms with Gasteiger partial charge in [-0.2, -0.15) is 0 Å². The molecule has 0 saturated carbocycles. The molecular weight excluding hydrogens is 354 g/mol. The van der Waals surface area contributed by atoms with Crippen molar-refractivity contribution in [3.63, 3.8) is 0 Å². The van der Waals surface area contributed by atoms with Crippen LogP contribution < -0.4 is 4.74 Å². The SMILES string of the molecule is Cc1cccc(OCC(O)CSc2nnc3sc4ccccc4n23)c1. The lowest BCUT2D eigenvalue weighted by atomic mass is 10.2. The van der Waals surface area contributed by atoms with Gasteiger partial charge in [-0.15, -0.1) is 10.2 Å². The van der Waals surface area contributed by atoms with Crippen LogP contribution in [0.2, 0.25) is 0 Å². The zero-order valence-corrected chi connectivity index (χ0v) is 15.3. The van der Waals surface area contributed by atoms with Gasteiger partial charge in [0.05, 0.1) is 16.3 Å². The fourth-order valence-electron chi connectivity index (χ4n) is 2.57. The zero-order chi connectivity index (χ0) is 17.2. The van der Waals surface area contributed by atoms with Crippen molar-refractivity contribution in [1.82, 2.24) is 14.6 Å². The molecule has 0 amide bonds. The van der Waals surface area contributed by atoms with Crippen LogP contribution in [0, 0.1) is 6.92 Å². The number of para-hydroxylation sites is 1. The number of nitrogens with zero attached hydrogens (tertiary/aromatic N) is 3. The van der Waals surface area contributed by atoms with Gasteiger partial charge in [-0.1, -0.05) is 47.4 Å². The number of thioether (sulfide) groups is 1. The smallest absolute Gasteiger partial charge is 0.217 e. The number of aryl methyl sites for hydroxylation is 1. The van der Waals surface area contributed by atoms with Crippen molar-refractivity contribution < 1.29 is 9.84 Å². The van der Waals surface area contributed by atoms with Crippen molar-refractivity contribution in [3.05, 3.63) is 54.1 Å². The number of fused-ring (bicyclic) bond motifs is 3. The van der Waals surface area contributed by atoms with Gasteiger partial charge < -0.3 is 9.84 Å². The zero-order valence-electron chi connectivity index (χ0n) is 13.6. The van der Waals surface area contributed by atoms with E-state index in [-0.39, 0.29) is 6.61 Å². The number of aromatic nitrogens is 3. The first-order valence-corrected chi connectivity index (χ1v) is 9.74. The molecule has 0 aliphatic heterocycles. The minimum absolute atomic E-state index is 0.253. The van der Waals surface area contributed by atoms with Gasteiger partial charge in [0, 0.05) is 5.75 Å². The Morgan fingerprint density at radius 2 is 2.08 bits per heavy atom. The molecule has 2 aromatic heterocycles. The highest BCUT2D eigenvalue weighted by atomic mass is 32.2. The molecule has 25 heavy (non-hydrogen) atoms. The summed E-state index contributed by atoms with van der Waals surface area (Å²) in [6.45, 7) is 2.27. The van der Waals surface area contributed by atoms with Gasteiger partial charge in [0.15, 0.2) is 5.16 Å². The quantitative estimate of drug-likeness (QED) is 0.523. The molecule has 1 atom stereocenters. The van der Waals surface area contributed by atoms with Crippen molar-refractivity contribution in [2.24, 2.45) is 0 Å². The van der Waals surface area contributed by atoms with Crippen molar-refractivity contribution >= 4 is 38.3 Å². The molecule has 5 nitrogen and oxygen atoms in total. The van der Waals surface area contributed by atoms with Crippen LogP contribution >= 0.6 is 23.1 Å². The minimum Gasteiger partial charge on any atom is -0.491 e. The van der Waals surface area contributed by atoms with E-state index in [1.54, 1.807) is 11.3 Å². The second-order valence-electron chi connectivity index (χ2n) is 5.76. The Morgan fingerprint density at radius 3 is 2.96 bits per heavy atom. The first-order valence-electron chi connectivity index (χ1n) is 7.94. The number of aliphatic hydroxyl groups is 1. The molecule has 1 N–H and O–H groups in total. The van der Waals surface area contributed by atoms with Crippen molar-refractivity contribution in [3.8, 4) is 5.75 Å². The molecule has 7 heteroatoms. The molecule has 0 aliphatic rings. The van der Waals surface area contributed by atoms with E-state index in [0.717, 1.165) is 26.9 Å². The van der Waals surface area contributed by atoms with Crippen LogP contribution in [0.5, 0.6) is 5.75 Å². The highest BCUT2D eigenvalue weighted by molar-refractivity contribution is 7.99. The van der Waals surface area contributed by atoms with E-state index in [1.165, 1.54) is 16.5 Å². The van der Waals surface area contributed by atoms with Gasteiger partial charge in [0.25, 0.3) is 0 Å². The Labute approximate surface area is 153 Å². The van der Waals surface area contributed by atoms with Crippen LogP contribution in [0.3, 0.4) is 0 Å². The summed E-state index contributed by atoms with van der Waals surface area (Å²) in [7, 11) is 0. The fraction of sp³-hybridized carbons (Fsp3) is 0.222. The summed E-state index contributed by atoms with van der Waals surface area (Å²) < 4.78 is 8.88. The van der Waals surface area contributed by atoms with Gasteiger partial charge >= 0.3 is 0 Å². The van der Waals surface area contributed by atoms with Crippen LogP contribution in [0.15, 0.2) is 53.7 Å². The Hall–Kier alpha value is -2.09. The standard InChI is InChI=1S/C18H17N3O2S2/c1-12-5-4-6-14(9-12)23-10-13(22)11-24-17-19-20-18-21(17)15-7-2-3-8-16(15)25-18/h2-9,13,22H,10-11H2,1H3. The number of benzene rings is 2. The van der Waals surface area contributed by atoms with E-state index < -0.39 is 6.10 Å². The summed E-state index contributed by atoms with van der Waals surface area (Å²) in [5.41, 5.74) is 2.23. The topological polar surface area (TPSA) is 59.7 Å². The molecule has 2 aromatic carbocycles. The maximum atomic E-state index is 10.2. The van der Waals surface area contributed by atoms with Crippen LogP contribution in [0.25, 0.3) is 15.2 Å². The Kier molecular flexibility index (Phi) is 4.61. The molecule has 4 rings (SSSR count). The molecule has 1 unspecified atom stereocenters. The van der Waals surface area contributed by atoms with E-state index in [4.69, 9.17) is 4.74 Å². The largest absolute Gasteiger partial charge is 0.491 e. The number of thiazole rings is 1. The molecule has 2 heterocycles. The summed E-state index contributed by atoms with van der Waals surface area (Å²) in [4.78, 5) is 0.870. The monoisotopic (exact) mass is 371 g/mol. The fourth-order valence-corrected chi connectivity index (χ4v) is 4.44. The molecule has 0 aliphatic carbocycles. The molecule has 0 spiro atoms. The van der Waals surface area contributed by atoms with E-state index in [2.05, 4.69) is 22.3 Å². The third-order valence-corrected chi connectivity index (χ3v) is 5.83. The summed E-state index contributed by atoms with van der Waals surface area (Å²) in [5, 5.41) is 19.5. The molecule has 128 valence electrons. The molecular formula is C18H17N3O2S2. The highest BCUT2D eigenvalue weighted by Gasteiger charge is 2.14. The number of hydrogen-bond acceptors (Lipinski definition) is 6. The number of rotatable bonds is 6.